The van der Waals surface area contributed by atoms with Gasteiger partial charge in [0, 0.05) is 18.3 Å². The van der Waals surface area contributed by atoms with Crippen molar-refractivity contribution >= 4 is 0 Å². The molecular formula is C12H11F3N2. The van der Waals surface area contributed by atoms with Crippen molar-refractivity contribution in [2.75, 3.05) is 0 Å². The lowest BCUT2D eigenvalue weighted by atomic mass is 10.0. The van der Waals surface area contributed by atoms with E-state index in [0.29, 0.717) is 0 Å². The summed E-state index contributed by atoms with van der Waals surface area (Å²) in [6.45, 7) is 1.88. The number of benzene rings is 1. The monoisotopic (exact) mass is 240 g/mol. The van der Waals surface area contributed by atoms with Gasteiger partial charge in [0.1, 0.15) is 0 Å². The lowest BCUT2D eigenvalue weighted by Crippen LogP contribution is -2.04. The quantitative estimate of drug-likeness (QED) is 0.746. The van der Waals surface area contributed by atoms with Crippen LogP contribution >= 0.6 is 0 Å². The Morgan fingerprint density at radius 1 is 1.12 bits per heavy atom. The summed E-state index contributed by atoms with van der Waals surface area (Å²) in [6.07, 6.45) is -2.64. The SMILES string of the molecule is Cc1c(-c2ccc(C(F)(F)F)cc2)cnn1C. The van der Waals surface area contributed by atoms with Crippen LogP contribution in [0.3, 0.4) is 0 Å². The van der Waals surface area contributed by atoms with E-state index in [9.17, 15) is 13.2 Å². The van der Waals surface area contributed by atoms with Gasteiger partial charge in [0.15, 0.2) is 0 Å². The zero-order valence-electron chi connectivity index (χ0n) is 9.42. The van der Waals surface area contributed by atoms with Crippen molar-refractivity contribution in [2.45, 2.75) is 13.1 Å². The van der Waals surface area contributed by atoms with Crippen LogP contribution in [-0.2, 0) is 13.2 Å². The summed E-state index contributed by atoms with van der Waals surface area (Å²) in [7, 11) is 1.79. The Hall–Kier alpha value is -1.78. The molecule has 0 bridgehead atoms. The Bertz CT molecular complexity index is 524. The zero-order valence-corrected chi connectivity index (χ0v) is 9.42. The third kappa shape index (κ3) is 2.18. The van der Waals surface area contributed by atoms with Crippen molar-refractivity contribution in [3.05, 3.63) is 41.7 Å². The number of hydrogen-bond acceptors (Lipinski definition) is 1. The summed E-state index contributed by atoms with van der Waals surface area (Å²) < 4.78 is 38.9. The summed E-state index contributed by atoms with van der Waals surface area (Å²) in [6, 6.07) is 5.10. The molecule has 0 unspecified atom stereocenters. The number of alkyl halides is 3. The van der Waals surface area contributed by atoms with Crippen molar-refractivity contribution in [3.63, 3.8) is 0 Å². The van der Waals surface area contributed by atoms with Gasteiger partial charge in [-0.3, -0.25) is 4.68 Å². The second-order valence-corrected chi connectivity index (χ2v) is 3.84. The third-order valence-corrected chi connectivity index (χ3v) is 2.76. The number of aryl methyl sites for hydroxylation is 1. The largest absolute Gasteiger partial charge is 0.416 e. The Morgan fingerprint density at radius 3 is 2.12 bits per heavy atom. The molecule has 0 radical (unpaired) electrons. The van der Waals surface area contributed by atoms with E-state index in [1.165, 1.54) is 12.1 Å². The van der Waals surface area contributed by atoms with E-state index in [0.717, 1.165) is 29.0 Å². The molecule has 5 heteroatoms. The standard InChI is InChI=1S/C12H11F3N2/c1-8-11(7-16-17(8)2)9-3-5-10(6-4-9)12(13,14)15/h3-7H,1-2H3. The van der Waals surface area contributed by atoms with Crippen LogP contribution in [0.2, 0.25) is 0 Å². The smallest absolute Gasteiger partial charge is 0.272 e. The lowest BCUT2D eigenvalue weighted by molar-refractivity contribution is -0.137. The van der Waals surface area contributed by atoms with Gasteiger partial charge in [0.05, 0.1) is 11.8 Å². The maximum atomic E-state index is 12.4. The highest BCUT2D eigenvalue weighted by atomic mass is 19.4. The van der Waals surface area contributed by atoms with Crippen molar-refractivity contribution in [3.8, 4) is 11.1 Å². The molecule has 1 heterocycles. The van der Waals surface area contributed by atoms with Crippen LogP contribution in [0.4, 0.5) is 13.2 Å². The maximum Gasteiger partial charge on any atom is 0.416 e. The molecule has 1 aromatic heterocycles. The fourth-order valence-electron chi connectivity index (χ4n) is 1.62. The Kier molecular flexibility index (Phi) is 2.69. The first kappa shape index (κ1) is 11.7. The Balaban J connectivity index is 2.40. The first-order valence-corrected chi connectivity index (χ1v) is 5.06. The van der Waals surface area contributed by atoms with Crippen LogP contribution in [-0.4, -0.2) is 9.78 Å². The minimum atomic E-state index is -4.29. The molecule has 0 N–H and O–H groups in total. The van der Waals surface area contributed by atoms with Crippen molar-refractivity contribution in [1.82, 2.24) is 9.78 Å². The van der Waals surface area contributed by atoms with Gasteiger partial charge in [0.25, 0.3) is 0 Å². The summed E-state index contributed by atoms with van der Waals surface area (Å²) in [5, 5.41) is 4.06. The van der Waals surface area contributed by atoms with Crippen LogP contribution in [0.15, 0.2) is 30.5 Å². The van der Waals surface area contributed by atoms with Crippen molar-refractivity contribution in [1.29, 1.82) is 0 Å². The summed E-state index contributed by atoms with van der Waals surface area (Å²) >= 11 is 0. The normalized spacial score (nSPS) is 11.8. The summed E-state index contributed by atoms with van der Waals surface area (Å²) in [4.78, 5) is 0. The molecule has 0 saturated carbocycles. The van der Waals surface area contributed by atoms with Gasteiger partial charge in [-0.1, -0.05) is 12.1 Å². The molecule has 0 aliphatic carbocycles. The molecular weight excluding hydrogens is 229 g/mol. The van der Waals surface area contributed by atoms with Gasteiger partial charge in [0.2, 0.25) is 0 Å². The Morgan fingerprint density at radius 2 is 1.71 bits per heavy atom. The fraction of sp³-hybridized carbons (Fsp3) is 0.250. The first-order chi connectivity index (χ1) is 7.89. The van der Waals surface area contributed by atoms with Crippen LogP contribution in [0, 0.1) is 6.92 Å². The highest BCUT2D eigenvalue weighted by molar-refractivity contribution is 5.65. The average molecular weight is 240 g/mol. The predicted octanol–water partition coefficient (Wildman–Crippen LogP) is 3.41. The average Bonchev–Trinajstić information content (AvgIpc) is 2.59. The number of halogens is 3. The third-order valence-electron chi connectivity index (χ3n) is 2.76. The molecule has 17 heavy (non-hydrogen) atoms. The molecule has 0 amide bonds. The van der Waals surface area contributed by atoms with Crippen LogP contribution in [0.1, 0.15) is 11.3 Å². The van der Waals surface area contributed by atoms with Gasteiger partial charge >= 0.3 is 6.18 Å². The predicted molar refractivity (Wildman–Crippen MR) is 58.4 cm³/mol. The summed E-state index contributed by atoms with van der Waals surface area (Å²) in [5.41, 5.74) is 1.87. The molecule has 0 atom stereocenters. The number of hydrogen-bond donors (Lipinski definition) is 0. The first-order valence-electron chi connectivity index (χ1n) is 5.06. The van der Waals surface area contributed by atoms with Gasteiger partial charge in [-0.05, 0) is 24.6 Å². The molecule has 90 valence electrons. The highest BCUT2D eigenvalue weighted by Crippen LogP contribution is 2.31. The molecule has 0 fully saturated rings. The van der Waals surface area contributed by atoms with E-state index in [2.05, 4.69) is 5.10 Å². The second-order valence-electron chi connectivity index (χ2n) is 3.84. The van der Waals surface area contributed by atoms with Gasteiger partial charge in [-0.15, -0.1) is 0 Å². The molecule has 0 saturated heterocycles. The Labute approximate surface area is 96.7 Å². The van der Waals surface area contributed by atoms with E-state index in [4.69, 9.17) is 0 Å². The molecule has 2 nitrogen and oxygen atoms in total. The topological polar surface area (TPSA) is 17.8 Å². The second kappa shape index (κ2) is 3.91. The molecule has 2 aromatic rings. The number of aromatic nitrogens is 2. The van der Waals surface area contributed by atoms with E-state index in [1.54, 1.807) is 17.9 Å². The number of rotatable bonds is 1. The van der Waals surface area contributed by atoms with Gasteiger partial charge < -0.3 is 0 Å². The zero-order chi connectivity index (χ0) is 12.6. The van der Waals surface area contributed by atoms with E-state index >= 15 is 0 Å². The highest BCUT2D eigenvalue weighted by Gasteiger charge is 2.30. The van der Waals surface area contributed by atoms with Crippen LogP contribution in [0.5, 0.6) is 0 Å². The van der Waals surface area contributed by atoms with Crippen LogP contribution in [0.25, 0.3) is 11.1 Å². The molecule has 1 aromatic carbocycles. The van der Waals surface area contributed by atoms with Gasteiger partial charge in [-0.2, -0.15) is 18.3 Å². The summed E-state index contributed by atoms with van der Waals surface area (Å²) in [5.74, 6) is 0. The van der Waals surface area contributed by atoms with Crippen molar-refractivity contribution < 1.29 is 13.2 Å². The number of nitrogens with zero attached hydrogens (tertiary/aromatic N) is 2. The maximum absolute atomic E-state index is 12.4. The van der Waals surface area contributed by atoms with E-state index < -0.39 is 11.7 Å². The molecule has 0 aliphatic heterocycles. The minimum absolute atomic E-state index is 0.636. The lowest BCUT2D eigenvalue weighted by Gasteiger charge is -2.07. The van der Waals surface area contributed by atoms with Gasteiger partial charge in [-0.25, -0.2) is 0 Å². The molecule has 0 aliphatic rings. The molecule has 0 spiro atoms. The van der Waals surface area contributed by atoms with E-state index in [1.807, 2.05) is 6.92 Å². The van der Waals surface area contributed by atoms with Crippen LogP contribution < -0.4 is 0 Å². The van der Waals surface area contributed by atoms with E-state index in [-0.39, 0.29) is 0 Å². The molecule has 2 rings (SSSR count). The fourth-order valence-corrected chi connectivity index (χ4v) is 1.62. The minimum Gasteiger partial charge on any atom is -0.272 e. The van der Waals surface area contributed by atoms with Crippen molar-refractivity contribution in [2.24, 2.45) is 7.05 Å².